The van der Waals surface area contributed by atoms with Gasteiger partial charge in [0.2, 0.25) is 0 Å². The van der Waals surface area contributed by atoms with E-state index in [1.54, 1.807) is 0 Å². The highest BCUT2D eigenvalue weighted by Crippen LogP contribution is 2.40. The number of hydrogen-bond acceptors (Lipinski definition) is 3. The average Bonchev–Trinajstić information content (AvgIpc) is 2.72. The van der Waals surface area contributed by atoms with E-state index in [2.05, 4.69) is 84.0 Å². The Labute approximate surface area is 209 Å². The summed E-state index contributed by atoms with van der Waals surface area (Å²) in [5, 5.41) is 11.3. The van der Waals surface area contributed by atoms with Gasteiger partial charge in [-0.15, -0.1) is 0 Å². The first-order chi connectivity index (χ1) is 15.8. The third-order valence-electron chi connectivity index (χ3n) is 6.79. The topological polar surface area (TPSA) is 72.3 Å². The van der Waals surface area contributed by atoms with Gasteiger partial charge in [-0.25, -0.2) is 0 Å². The van der Waals surface area contributed by atoms with Gasteiger partial charge in [-0.05, 0) is 78.2 Å². The van der Waals surface area contributed by atoms with Gasteiger partial charge in [-0.1, -0.05) is 102 Å². The lowest BCUT2D eigenvalue weighted by molar-refractivity contribution is 0.0728. The maximum atomic E-state index is 11.3. The van der Waals surface area contributed by atoms with E-state index in [1.807, 2.05) is 18.2 Å². The molecule has 2 aromatic carbocycles. The van der Waals surface area contributed by atoms with Crippen molar-refractivity contribution in [2.45, 2.75) is 92.3 Å². The average molecular weight is 467 g/mol. The molecule has 0 aliphatic rings. The maximum Gasteiger partial charge on any atom is 0.0554 e. The Morgan fingerprint density at radius 3 is 1.38 bits per heavy atom. The lowest BCUT2D eigenvalue weighted by Crippen LogP contribution is -2.42. The van der Waals surface area contributed by atoms with Crippen molar-refractivity contribution in [3.05, 3.63) is 71.8 Å². The second-order valence-corrected chi connectivity index (χ2v) is 12.9. The van der Waals surface area contributed by atoms with Crippen LogP contribution in [-0.4, -0.2) is 17.4 Å². The summed E-state index contributed by atoms with van der Waals surface area (Å²) in [6.07, 6.45) is 4.65. The molecular weight excluding hydrogens is 416 g/mol. The van der Waals surface area contributed by atoms with E-state index >= 15 is 0 Å². The number of benzene rings is 2. The Kier molecular flexibility index (Phi) is 10.8. The zero-order valence-electron chi connectivity index (χ0n) is 22.5. The van der Waals surface area contributed by atoms with Gasteiger partial charge >= 0.3 is 0 Å². The van der Waals surface area contributed by atoms with Crippen LogP contribution in [0.4, 0.5) is 0 Å². The molecular formula is C31H50N2O. The third-order valence-corrected chi connectivity index (χ3v) is 6.79. The Morgan fingerprint density at radius 1 is 0.618 bits per heavy atom. The molecule has 0 saturated carbocycles. The molecule has 190 valence electrons. The smallest absolute Gasteiger partial charge is 0.0554 e. The normalized spacial score (nSPS) is 15.5. The molecule has 0 aliphatic heterocycles. The molecule has 0 saturated heterocycles. The lowest BCUT2D eigenvalue weighted by atomic mass is 9.68. The van der Waals surface area contributed by atoms with Crippen LogP contribution in [-0.2, 0) is 12.8 Å². The van der Waals surface area contributed by atoms with E-state index in [0.717, 1.165) is 32.1 Å². The zero-order chi connectivity index (χ0) is 25.4. The first kappa shape index (κ1) is 28.6. The number of aliphatic hydroxyl groups excluding tert-OH is 1. The zero-order valence-corrected chi connectivity index (χ0v) is 22.5. The van der Waals surface area contributed by atoms with Crippen molar-refractivity contribution in [2.75, 3.05) is 0 Å². The molecule has 0 radical (unpaired) electrons. The van der Waals surface area contributed by atoms with Crippen molar-refractivity contribution in [2.24, 2.45) is 40.1 Å². The highest BCUT2D eigenvalue weighted by Gasteiger charge is 2.32. The van der Waals surface area contributed by atoms with E-state index < -0.39 is 12.3 Å². The minimum absolute atomic E-state index is 0.0541. The van der Waals surface area contributed by atoms with Gasteiger partial charge in [0.05, 0.1) is 12.3 Å². The van der Waals surface area contributed by atoms with Gasteiger partial charge in [-0.2, -0.15) is 0 Å². The van der Waals surface area contributed by atoms with E-state index in [0.29, 0.717) is 18.3 Å². The maximum absolute atomic E-state index is 11.3. The fourth-order valence-corrected chi connectivity index (χ4v) is 5.43. The van der Waals surface area contributed by atoms with Crippen LogP contribution in [0.25, 0.3) is 0 Å². The molecule has 0 bridgehead atoms. The quantitative estimate of drug-likeness (QED) is 0.309. The van der Waals surface area contributed by atoms with E-state index in [-0.39, 0.29) is 16.7 Å². The Morgan fingerprint density at radius 2 is 1.00 bits per heavy atom. The first-order valence-electron chi connectivity index (χ1n) is 13.1. The second kappa shape index (κ2) is 12.9. The van der Waals surface area contributed by atoms with Crippen LogP contribution in [0.2, 0.25) is 0 Å². The summed E-state index contributed by atoms with van der Waals surface area (Å²) in [4.78, 5) is 0. The summed E-state index contributed by atoms with van der Waals surface area (Å²) in [7, 11) is 0. The Hall–Kier alpha value is -1.68. The predicted molar refractivity (Wildman–Crippen MR) is 146 cm³/mol. The highest BCUT2D eigenvalue weighted by atomic mass is 16.3. The minimum Gasteiger partial charge on any atom is -0.393 e. The van der Waals surface area contributed by atoms with Gasteiger partial charge in [0.15, 0.2) is 0 Å². The van der Waals surface area contributed by atoms with Crippen molar-refractivity contribution in [1.29, 1.82) is 0 Å². The molecule has 3 heteroatoms. The number of hydrogen-bond donors (Lipinski definition) is 3. The Balaban J connectivity index is 2.22. The van der Waals surface area contributed by atoms with Crippen LogP contribution in [0.15, 0.2) is 60.7 Å². The van der Waals surface area contributed by atoms with E-state index in [1.165, 1.54) is 11.1 Å². The van der Waals surface area contributed by atoms with E-state index in [4.69, 9.17) is 11.5 Å². The van der Waals surface area contributed by atoms with Gasteiger partial charge in [0.1, 0.15) is 0 Å². The van der Waals surface area contributed by atoms with Gasteiger partial charge in [0, 0.05) is 0 Å². The van der Waals surface area contributed by atoms with Crippen LogP contribution < -0.4 is 11.5 Å². The van der Waals surface area contributed by atoms with Crippen molar-refractivity contribution in [1.82, 2.24) is 0 Å². The molecule has 3 nitrogen and oxygen atoms in total. The molecule has 34 heavy (non-hydrogen) atoms. The molecule has 0 aromatic heterocycles. The van der Waals surface area contributed by atoms with Crippen LogP contribution in [0, 0.1) is 28.6 Å². The van der Waals surface area contributed by atoms with Crippen LogP contribution in [0.1, 0.15) is 78.4 Å². The molecule has 3 atom stereocenters. The molecule has 3 unspecified atom stereocenters. The molecule has 0 aliphatic carbocycles. The number of aliphatic hydroxyl groups is 1. The van der Waals surface area contributed by atoms with Crippen molar-refractivity contribution < 1.29 is 5.11 Å². The summed E-state index contributed by atoms with van der Waals surface area (Å²) in [5.41, 5.74) is 15.4. The molecule has 0 fully saturated rings. The van der Waals surface area contributed by atoms with Crippen LogP contribution in [0.5, 0.6) is 0 Å². The van der Waals surface area contributed by atoms with Crippen LogP contribution >= 0.6 is 0 Å². The fraction of sp³-hybridized carbons (Fsp3) is 0.613. The molecule has 2 rings (SSSR count). The van der Waals surface area contributed by atoms with Gasteiger partial charge in [0.25, 0.3) is 0 Å². The fourth-order valence-electron chi connectivity index (χ4n) is 5.43. The predicted octanol–water partition coefficient (Wildman–Crippen LogP) is 6.58. The molecule has 0 amide bonds. The molecule has 0 spiro atoms. The van der Waals surface area contributed by atoms with Crippen molar-refractivity contribution in [3.8, 4) is 0 Å². The van der Waals surface area contributed by atoms with Gasteiger partial charge < -0.3 is 16.6 Å². The van der Waals surface area contributed by atoms with Crippen molar-refractivity contribution in [3.63, 3.8) is 0 Å². The first-order valence-corrected chi connectivity index (χ1v) is 13.1. The van der Waals surface area contributed by atoms with E-state index in [9.17, 15) is 5.11 Å². The van der Waals surface area contributed by atoms with Crippen molar-refractivity contribution >= 4 is 0 Å². The highest BCUT2D eigenvalue weighted by molar-refractivity contribution is 5.16. The molecule has 2 aromatic rings. The molecule has 5 N–H and O–H groups in total. The lowest BCUT2D eigenvalue weighted by Gasteiger charge is -2.38. The van der Waals surface area contributed by atoms with Gasteiger partial charge in [-0.3, -0.25) is 0 Å². The summed E-state index contributed by atoms with van der Waals surface area (Å²) in [6, 6.07) is 21.1. The van der Waals surface area contributed by atoms with Crippen LogP contribution in [0.3, 0.4) is 0 Å². The second-order valence-electron chi connectivity index (χ2n) is 12.9. The minimum atomic E-state index is -0.442. The number of rotatable bonds is 12. The molecule has 0 heterocycles. The summed E-state index contributed by atoms with van der Waals surface area (Å²) < 4.78 is 0. The monoisotopic (exact) mass is 466 g/mol. The SMILES string of the molecule is CC(C)(C)CC(CC(C)(C)C)C(Cc1ccccc1)CC(O)CC(Cc1ccccc1)C(N)N. The summed E-state index contributed by atoms with van der Waals surface area (Å²) >= 11 is 0. The standard InChI is InChI=1S/C31H50N2O/c1-30(2,3)21-27(22-31(4,5)6)25(17-23-13-9-7-10-14-23)19-28(34)20-26(29(32)33)18-24-15-11-8-12-16-24/h7-16,25-29,34H,17-22,32-33H2,1-6H3. The number of nitrogens with two attached hydrogens (primary N) is 2. The Bertz CT molecular complexity index is 789. The summed E-state index contributed by atoms with van der Waals surface area (Å²) in [6.45, 7) is 14.0. The third kappa shape index (κ3) is 11.2. The summed E-state index contributed by atoms with van der Waals surface area (Å²) in [5.74, 6) is 0.995. The largest absolute Gasteiger partial charge is 0.393 e.